The van der Waals surface area contributed by atoms with E-state index in [1.807, 2.05) is 6.07 Å². The van der Waals surface area contributed by atoms with Crippen LogP contribution in [0.4, 0.5) is 11.4 Å². The molecule has 0 unspecified atom stereocenters. The number of nitrogens with one attached hydrogen (secondary N) is 1. The lowest BCUT2D eigenvalue weighted by Crippen LogP contribution is -2.08. The molecule has 0 aromatic heterocycles. The van der Waals surface area contributed by atoms with Crippen molar-refractivity contribution < 1.29 is 0 Å². The van der Waals surface area contributed by atoms with Gasteiger partial charge in [0, 0.05) is 6.54 Å². The summed E-state index contributed by atoms with van der Waals surface area (Å²) in [6.45, 7) is 9.47. The number of nitrogen functional groups attached to an aromatic ring is 1. The maximum absolute atomic E-state index is 6.01. The second-order valence-corrected chi connectivity index (χ2v) is 5.63. The Balaban J connectivity index is 2.01. The highest BCUT2D eigenvalue weighted by Crippen LogP contribution is 2.20. The smallest absolute Gasteiger partial charge is 0.0574 e. The van der Waals surface area contributed by atoms with Gasteiger partial charge in [0.1, 0.15) is 0 Å². The summed E-state index contributed by atoms with van der Waals surface area (Å²) in [4.78, 5) is 0. The van der Waals surface area contributed by atoms with E-state index in [1.54, 1.807) is 0 Å². The Labute approximate surface area is 122 Å². The van der Waals surface area contributed by atoms with E-state index in [2.05, 4.69) is 57.3 Å². The molecule has 3 N–H and O–H groups in total. The van der Waals surface area contributed by atoms with E-state index in [0.29, 0.717) is 0 Å². The van der Waals surface area contributed by atoms with E-state index in [1.165, 1.54) is 27.8 Å². The molecule has 0 amide bonds. The van der Waals surface area contributed by atoms with Crippen LogP contribution in [0.15, 0.2) is 30.3 Å². The van der Waals surface area contributed by atoms with Crippen LogP contribution >= 0.6 is 0 Å². The minimum Gasteiger partial charge on any atom is -0.397 e. The number of rotatable bonds is 4. The molecule has 0 bridgehead atoms. The van der Waals surface area contributed by atoms with Gasteiger partial charge in [0.25, 0.3) is 0 Å². The second kappa shape index (κ2) is 6.00. The zero-order valence-electron chi connectivity index (χ0n) is 12.9. The van der Waals surface area contributed by atoms with Crippen LogP contribution in [0.2, 0.25) is 0 Å². The van der Waals surface area contributed by atoms with Crippen molar-refractivity contribution in [2.75, 3.05) is 17.6 Å². The summed E-state index contributed by atoms with van der Waals surface area (Å²) in [6.07, 6.45) is 1.01. The van der Waals surface area contributed by atoms with Crippen LogP contribution in [0.1, 0.15) is 27.8 Å². The Hall–Kier alpha value is -1.96. The number of benzene rings is 2. The van der Waals surface area contributed by atoms with Crippen LogP contribution < -0.4 is 11.1 Å². The monoisotopic (exact) mass is 268 g/mol. The Bertz CT molecular complexity index is 615. The summed E-state index contributed by atoms with van der Waals surface area (Å²) in [6, 6.07) is 10.7. The highest BCUT2D eigenvalue weighted by molar-refractivity contribution is 5.66. The fourth-order valence-electron chi connectivity index (χ4n) is 2.46. The lowest BCUT2D eigenvalue weighted by atomic mass is 9.99. The van der Waals surface area contributed by atoms with Gasteiger partial charge in [0.2, 0.25) is 0 Å². The first-order chi connectivity index (χ1) is 9.47. The number of anilines is 2. The highest BCUT2D eigenvalue weighted by atomic mass is 14.9. The van der Waals surface area contributed by atoms with Gasteiger partial charge in [0.05, 0.1) is 11.4 Å². The van der Waals surface area contributed by atoms with E-state index >= 15 is 0 Å². The molecule has 2 heteroatoms. The lowest BCUT2D eigenvalue weighted by Gasteiger charge is -2.12. The summed E-state index contributed by atoms with van der Waals surface area (Å²) < 4.78 is 0. The molecule has 0 aliphatic carbocycles. The average Bonchev–Trinajstić information content (AvgIpc) is 2.38. The first-order valence-corrected chi connectivity index (χ1v) is 7.14. The van der Waals surface area contributed by atoms with Crippen molar-refractivity contribution in [2.24, 2.45) is 0 Å². The predicted molar refractivity (Wildman–Crippen MR) is 88.4 cm³/mol. The van der Waals surface area contributed by atoms with Gasteiger partial charge in [-0.2, -0.15) is 0 Å². The standard InChI is InChI=1S/C18H24N2/c1-12-5-6-18(17(19)9-12)20-8-7-16-11-14(3)13(2)10-15(16)4/h5-6,9-11,20H,7-8,19H2,1-4H3. The molecule has 0 saturated heterocycles. The SMILES string of the molecule is Cc1ccc(NCCc2cc(C)c(C)cc2C)c(N)c1. The van der Waals surface area contributed by atoms with E-state index in [9.17, 15) is 0 Å². The fourth-order valence-corrected chi connectivity index (χ4v) is 2.46. The van der Waals surface area contributed by atoms with Crippen molar-refractivity contribution in [1.82, 2.24) is 0 Å². The van der Waals surface area contributed by atoms with Gasteiger partial charge in [-0.15, -0.1) is 0 Å². The van der Waals surface area contributed by atoms with Crippen molar-refractivity contribution in [3.05, 3.63) is 58.1 Å². The molecule has 106 valence electrons. The maximum Gasteiger partial charge on any atom is 0.0574 e. The number of hydrogen-bond acceptors (Lipinski definition) is 2. The van der Waals surface area contributed by atoms with Crippen LogP contribution in [-0.4, -0.2) is 6.54 Å². The van der Waals surface area contributed by atoms with Crippen LogP contribution in [-0.2, 0) is 6.42 Å². The number of hydrogen-bond donors (Lipinski definition) is 2. The maximum atomic E-state index is 6.01. The third-order valence-electron chi connectivity index (χ3n) is 3.87. The van der Waals surface area contributed by atoms with Gasteiger partial charge < -0.3 is 11.1 Å². The van der Waals surface area contributed by atoms with Crippen LogP contribution in [0.5, 0.6) is 0 Å². The highest BCUT2D eigenvalue weighted by Gasteiger charge is 2.03. The predicted octanol–water partition coefficient (Wildman–Crippen LogP) is 4.16. The van der Waals surface area contributed by atoms with Crippen molar-refractivity contribution in [3.8, 4) is 0 Å². The Kier molecular flexibility index (Phi) is 4.33. The van der Waals surface area contributed by atoms with Gasteiger partial charge in [-0.05, 0) is 74.1 Å². The third kappa shape index (κ3) is 3.32. The van der Waals surface area contributed by atoms with E-state index < -0.39 is 0 Å². The third-order valence-corrected chi connectivity index (χ3v) is 3.87. The van der Waals surface area contributed by atoms with Gasteiger partial charge >= 0.3 is 0 Å². The zero-order chi connectivity index (χ0) is 14.7. The molecule has 20 heavy (non-hydrogen) atoms. The topological polar surface area (TPSA) is 38.0 Å². The summed E-state index contributed by atoms with van der Waals surface area (Å²) in [5.41, 5.74) is 14.6. The Morgan fingerprint density at radius 1 is 0.900 bits per heavy atom. The van der Waals surface area contributed by atoms with Gasteiger partial charge in [-0.25, -0.2) is 0 Å². The first-order valence-electron chi connectivity index (χ1n) is 7.14. The Morgan fingerprint density at radius 3 is 2.30 bits per heavy atom. The van der Waals surface area contributed by atoms with Gasteiger partial charge in [-0.1, -0.05) is 18.2 Å². The molecule has 0 heterocycles. The summed E-state index contributed by atoms with van der Waals surface area (Å²) in [7, 11) is 0. The zero-order valence-corrected chi connectivity index (χ0v) is 12.9. The summed E-state index contributed by atoms with van der Waals surface area (Å²) in [5, 5.41) is 3.42. The minimum atomic E-state index is 0.821. The molecule has 2 nitrogen and oxygen atoms in total. The van der Waals surface area contributed by atoms with E-state index in [0.717, 1.165) is 24.3 Å². The van der Waals surface area contributed by atoms with Crippen molar-refractivity contribution in [3.63, 3.8) is 0 Å². The van der Waals surface area contributed by atoms with Crippen molar-refractivity contribution in [1.29, 1.82) is 0 Å². The lowest BCUT2D eigenvalue weighted by molar-refractivity contribution is 0.998. The number of aryl methyl sites for hydroxylation is 4. The van der Waals surface area contributed by atoms with E-state index in [-0.39, 0.29) is 0 Å². The van der Waals surface area contributed by atoms with Crippen molar-refractivity contribution in [2.45, 2.75) is 34.1 Å². The normalized spacial score (nSPS) is 10.6. The minimum absolute atomic E-state index is 0.821. The van der Waals surface area contributed by atoms with Gasteiger partial charge in [-0.3, -0.25) is 0 Å². The molecule has 0 aliphatic rings. The van der Waals surface area contributed by atoms with Crippen LogP contribution in [0, 0.1) is 27.7 Å². The molecule has 0 saturated carbocycles. The van der Waals surface area contributed by atoms with Crippen molar-refractivity contribution >= 4 is 11.4 Å². The number of nitrogens with two attached hydrogens (primary N) is 1. The Morgan fingerprint density at radius 2 is 1.60 bits per heavy atom. The molecule has 0 spiro atoms. The molecule has 2 aromatic rings. The van der Waals surface area contributed by atoms with Crippen LogP contribution in [0.25, 0.3) is 0 Å². The second-order valence-electron chi connectivity index (χ2n) is 5.63. The molecule has 0 atom stereocenters. The molecule has 2 rings (SSSR count). The largest absolute Gasteiger partial charge is 0.397 e. The summed E-state index contributed by atoms with van der Waals surface area (Å²) >= 11 is 0. The molecule has 0 fully saturated rings. The molecule has 0 radical (unpaired) electrons. The van der Waals surface area contributed by atoms with E-state index in [4.69, 9.17) is 5.73 Å². The first kappa shape index (κ1) is 14.4. The quantitative estimate of drug-likeness (QED) is 0.817. The molecule has 2 aromatic carbocycles. The summed E-state index contributed by atoms with van der Waals surface area (Å²) in [5.74, 6) is 0. The fraction of sp³-hybridized carbons (Fsp3) is 0.333. The molecular weight excluding hydrogens is 244 g/mol. The average molecular weight is 268 g/mol. The molecule has 0 aliphatic heterocycles. The van der Waals surface area contributed by atoms with Crippen LogP contribution in [0.3, 0.4) is 0 Å². The molecular formula is C18H24N2. The van der Waals surface area contributed by atoms with Gasteiger partial charge in [0.15, 0.2) is 0 Å².